The molecule has 0 radical (unpaired) electrons. The van der Waals surface area contributed by atoms with Crippen LogP contribution in [-0.2, 0) is 28.8 Å². The molecule has 2 aromatic heterocycles. The van der Waals surface area contributed by atoms with Crippen molar-refractivity contribution in [3.63, 3.8) is 0 Å². The van der Waals surface area contributed by atoms with Gasteiger partial charge in [0.2, 0.25) is 35.3 Å². The summed E-state index contributed by atoms with van der Waals surface area (Å²) in [5.41, 5.74) is 0.698. The summed E-state index contributed by atoms with van der Waals surface area (Å²) >= 11 is 0. The van der Waals surface area contributed by atoms with E-state index in [0.29, 0.717) is 40.1 Å². The monoisotopic (exact) mass is 1050 g/mol. The van der Waals surface area contributed by atoms with Gasteiger partial charge in [-0.25, -0.2) is 18.9 Å². The van der Waals surface area contributed by atoms with Gasteiger partial charge in [-0.1, -0.05) is 43.0 Å². The molecule has 20 heteroatoms. The smallest absolute Gasteiger partial charge is 0.258 e. The van der Waals surface area contributed by atoms with E-state index in [1.54, 1.807) is 134 Å². The highest BCUT2D eigenvalue weighted by Gasteiger charge is 2.31. The molecule has 0 aliphatic carbocycles. The molecule has 2 aliphatic heterocycles. The third kappa shape index (κ3) is 11.1. The molecule has 2 aliphatic rings. The number of hydrogen-bond donors (Lipinski definition) is 4. The van der Waals surface area contributed by atoms with Crippen LogP contribution in [0.1, 0.15) is 20.8 Å². The molecule has 0 unspecified atom stereocenters. The molecule has 0 saturated heterocycles. The molecule has 0 saturated carbocycles. The molecule has 6 amide bonds. The fourth-order valence-corrected chi connectivity index (χ4v) is 8.31. The van der Waals surface area contributed by atoms with E-state index in [-0.39, 0.29) is 40.0 Å². The molecular formula is C58H46N6O14. The molecule has 0 bridgehead atoms. The van der Waals surface area contributed by atoms with Crippen LogP contribution in [0, 0.1) is 0 Å². The van der Waals surface area contributed by atoms with Crippen molar-refractivity contribution in [3.05, 3.63) is 194 Å². The topological polar surface area (TPSA) is 243 Å². The molecule has 5 aromatic carbocycles. The number of anilines is 4. The molecular weight excluding hydrogens is 1000 g/mol. The second kappa shape index (κ2) is 21.8. The summed E-state index contributed by atoms with van der Waals surface area (Å²) in [5, 5.41) is 45.7. The Labute approximate surface area is 444 Å². The van der Waals surface area contributed by atoms with Crippen LogP contribution in [0.2, 0.25) is 0 Å². The van der Waals surface area contributed by atoms with Crippen molar-refractivity contribution in [2.24, 2.45) is 0 Å². The first-order valence-corrected chi connectivity index (χ1v) is 23.6. The zero-order valence-electron chi connectivity index (χ0n) is 41.7. The first kappa shape index (κ1) is 51.9. The van der Waals surface area contributed by atoms with Gasteiger partial charge in [0.25, 0.3) is 23.6 Å². The zero-order chi connectivity index (χ0) is 55.4. The number of aromatic hydroxyl groups is 4. The number of ether oxygens (including phenoxy) is 4. The Kier molecular flexibility index (Phi) is 14.5. The predicted octanol–water partition coefficient (Wildman–Crippen LogP) is 9.33. The Morgan fingerprint density at radius 1 is 0.500 bits per heavy atom. The Hall–Kier alpha value is -11.0. The number of carbonyl (C=O) groups excluding carboxylic acids is 6. The zero-order valence-corrected chi connectivity index (χ0v) is 41.7. The Morgan fingerprint density at radius 3 is 1.31 bits per heavy atom. The van der Waals surface area contributed by atoms with E-state index in [1.807, 2.05) is 0 Å². The SMILES string of the molecule is C=C(C=CC=C(C)Oc1cccc(N2C(=O)C=CC2=O)c1)Oc1cccc(-n2c(O)cc(N(CN(C(C)=O)c3cc(O)n(-c4cccc(Oc5cccc(Oc6cccc(N7C(=O)C=CC7=O)c6)c5)c4)c3O)C(C)=O)c2O)c1. The van der Waals surface area contributed by atoms with Gasteiger partial charge in [-0.3, -0.25) is 38.6 Å². The van der Waals surface area contributed by atoms with Gasteiger partial charge in [0.1, 0.15) is 64.1 Å². The third-order valence-corrected chi connectivity index (χ3v) is 11.8. The Balaban J connectivity index is 0.870. The normalized spacial score (nSPS) is 13.2. The number of benzene rings is 5. The van der Waals surface area contributed by atoms with Crippen molar-refractivity contribution in [1.29, 1.82) is 0 Å². The van der Waals surface area contributed by atoms with Crippen LogP contribution in [0.5, 0.6) is 58.0 Å². The standard InChI is InChI=1S/C58H46N6O14/c1-35(75-43-17-6-13-39(27-43)61-51(67)23-24-52(61)68)11-5-12-36(2)76-44-18-8-15-41(29-44)63-55(71)32-49(57(63)73)59(37(3)65)34-60(38(4)66)50-33-56(72)64(58(50)74)42-16-9-20-46(30-42)78-48-22-10-21-47(31-48)77-45-19-7-14-40(28-45)62-53(69)25-26-54(62)70/h5-33,71-74H,2,34H2,1,3-4H3. The number of rotatable bonds is 18. The van der Waals surface area contributed by atoms with Crippen LogP contribution in [0.4, 0.5) is 22.7 Å². The summed E-state index contributed by atoms with van der Waals surface area (Å²) < 4.78 is 26.0. The van der Waals surface area contributed by atoms with Gasteiger partial charge in [0, 0.05) is 80.6 Å². The molecule has 78 heavy (non-hydrogen) atoms. The minimum atomic E-state index is -0.673. The maximum absolute atomic E-state index is 13.3. The number of carbonyl (C=O) groups is 6. The average molecular weight is 1050 g/mol. The van der Waals surface area contributed by atoms with E-state index in [1.165, 1.54) is 50.3 Å². The summed E-state index contributed by atoms with van der Waals surface area (Å²) in [4.78, 5) is 79.4. The largest absolute Gasteiger partial charge is 0.494 e. The molecule has 20 nitrogen and oxygen atoms in total. The van der Waals surface area contributed by atoms with E-state index in [9.17, 15) is 49.2 Å². The number of nitrogens with zero attached hydrogens (tertiary/aromatic N) is 6. The second-order valence-electron chi connectivity index (χ2n) is 17.3. The van der Waals surface area contributed by atoms with Crippen LogP contribution in [-0.4, -0.2) is 71.7 Å². The van der Waals surface area contributed by atoms with Gasteiger partial charge in [-0.15, -0.1) is 0 Å². The van der Waals surface area contributed by atoms with Crippen LogP contribution < -0.4 is 38.5 Å². The van der Waals surface area contributed by atoms with Crippen molar-refractivity contribution in [1.82, 2.24) is 9.13 Å². The van der Waals surface area contributed by atoms with Crippen LogP contribution in [0.3, 0.4) is 0 Å². The van der Waals surface area contributed by atoms with Crippen molar-refractivity contribution in [3.8, 4) is 69.4 Å². The number of hydrogen-bond acceptors (Lipinski definition) is 14. The first-order valence-electron chi connectivity index (χ1n) is 23.6. The fraction of sp³-hybridized carbons (Fsp3) is 0.0690. The highest BCUT2D eigenvalue weighted by atomic mass is 16.5. The Bertz CT molecular complexity index is 3700. The molecule has 392 valence electrons. The van der Waals surface area contributed by atoms with Crippen molar-refractivity contribution in [2.75, 3.05) is 26.3 Å². The van der Waals surface area contributed by atoms with E-state index >= 15 is 0 Å². The lowest BCUT2D eigenvalue weighted by atomic mass is 10.2. The molecule has 7 aromatic rings. The first-order chi connectivity index (χ1) is 37.4. The highest BCUT2D eigenvalue weighted by molar-refractivity contribution is 6.28. The lowest BCUT2D eigenvalue weighted by Crippen LogP contribution is -2.43. The maximum Gasteiger partial charge on any atom is 0.258 e. The Morgan fingerprint density at radius 2 is 0.859 bits per heavy atom. The van der Waals surface area contributed by atoms with Crippen LogP contribution in [0.25, 0.3) is 11.4 Å². The maximum atomic E-state index is 13.3. The van der Waals surface area contributed by atoms with Crippen molar-refractivity contribution >= 4 is 58.2 Å². The number of imide groups is 2. The summed E-state index contributed by atoms with van der Waals surface area (Å²) in [6.45, 7) is 7.38. The summed E-state index contributed by atoms with van der Waals surface area (Å²) in [5.74, 6) is -2.73. The summed E-state index contributed by atoms with van der Waals surface area (Å²) in [6.07, 6.45) is 9.58. The van der Waals surface area contributed by atoms with Crippen LogP contribution >= 0.6 is 0 Å². The molecule has 0 atom stereocenters. The average Bonchev–Trinajstić information content (AvgIpc) is 4.13. The lowest BCUT2D eigenvalue weighted by Gasteiger charge is -2.28. The third-order valence-electron chi connectivity index (χ3n) is 11.8. The second-order valence-corrected chi connectivity index (χ2v) is 17.3. The summed E-state index contributed by atoms with van der Waals surface area (Å²) in [6, 6.07) is 34.4. The molecule has 0 fully saturated rings. The minimum absolute atomic E-state index is 0.194. The lowest BCUT2D eigenvalue weighted by molar-refractivity contribution is -0.121. The van der Waals surface area contributed by atoms with E-state index in [2.05, 4.69) is 6.58 Å². The van der Waals surface area contributed by atoms with Crippen molar-refractivity contribution in [2.45, 2.75) is 20.8 Å². The van der Waals surface area contributed by atoms with E-state index < -0.39 is 65.6 Å². The van der Waals surface area contributed by atoms with E-state index in [4.69, 9.17) is 18.9 Å². The molecule has 4 N–H and O–H groups in total. The number of aromatic nitrogens is 2. The molecule has 9 rings (SSSR count). The number of amides is 6. The fourth-order valence-electron chi connectivity index (χ4n) is 8.31. The van der Waals surface area contributed by atoms with Gasteiger partial charge in [-0.05, 0) is 79.7 Å². The highest BCUT2D eigenvalue weighted by Crippen LogP contribution is 2.43. The van der Waals surface area contributed by atoms with Gasteiger partial charge in [0.05, 0.1) is 22.7 Å². The predicted molar refractivity (Wildman–Crippen MR) is 285 cm³/mol. The number of allylic oxidation sites excluding steroid dienone is 4. The molecule has 4 heterocycles. The quantitative estimate of drug-likeness (QED) is 0.0271. The van der Waals surface area contributed by atoms with Gasteiger partial charge in [-0.2, -0.15) is 0 Å². The van der Waals surface area contributed by atoms with Gasteiger partial charge in [0.15, 0.2) is 0 Å². The summed E-state index contributed by atoms with van der Waals surface area (Å²) in [7, 11) is 0. The van der Waals surface area contributed by atoms with Gasteiger partial charge < -0.3 is 39.4 Å². The van der Waals surface area contributed by atoms with E-state index in [0.717, 1.165) is 40.9 Å². The molecule has 0 spiro atoms. The van der Waals surface area contributed by atoms with Crippen LogP contribution in [0.15, 0.2) is 194 Å². The van der Waals surface area contributed by atoms with Crippen molar-refractivity contribution < 1.29 is 68.1 Å². The minimum Gasteiger partial charge on any atom is -0.494 e. The van der Waals surface area contributed by atoms with Gasteiger partial charge >= 0.3 is 0 Å².